The number of rotatable bonds is 5. The minimum Gasteiger partial charge on any atom is -0.390 e. The van der Waals surface area contributed by atoms with Crippen LogP contribution in [0.2, 0.25) is 0 Å². The lowest BCUT2D eigenvalue weighted by Gasteiger charge is -2.04. The summed E-state index contributed by atoms with van der Waals surface area (Å²) in [5.41, 5.74) is 0.407. The van der Waals surface area contributed by atoms with Gasteiger partial charge in [-0.2, -0.15) is 10.1 Å². The van der Waals surface area contributed by atoms with Crippen LogP contribution in [0.3, 0.4) is 0 Å². The van der Waals surface area contributed by atoms with E-state index in [0.717, 1.165) is 0 Å². The summed E-state index contributed by atoms with van der Waals surface area (Å²) in [5, 5.41) is 18.8. The van der Waals surface area contributed by atoms with Crippen LogP contribution in [0.1, 0.15) is 23.1 Å². The highest BCUT2D eigenvalue weighted by Gasteiger charge is 2.24. The highest BCUT2D eigenvalue weighted by atomic mass is 32.2. The lowest BCUT2D eigenvalue weighted by atomic mass is 10.4. The number of aryl methyl sites for hydroxylation is 2. The number of aromatic nitrogens is 4. The number of hydrogen-bond acceptors (Lipinski definition) is 7. The Hall–Kier alpha value is -1.78. The normalized spacial score (nSPS) is 11.9. The Balaban J connectivity index is 2.20. The van der Waals surface area contributed by atoms with E-state index in [1.165, 1.54) is 0 Å². The van der Waals surface area contributed by atoms with Crippen molar-refractivity contribution in [3.05, 3.63) is 23.1 Å². The Bertz CT molecular complexity index is 675. The van der Waals surface area contributed by atoms with Crippen LogP contribution in [0.25, 0.3) is 0 Å². The van der Waals surface area contributed by atoms with E-state index in [1.807, 2.05) is 0 Å². The van der Waals surface area contributed by atoms with Crippen LogP contribution in [0.15, 0.2) is 9.42 Å². The number of H-pyrrole nitrogens is 1. The molecule has 104 valence electrons. The van der Waals surface area contributed by atoms with E-state index >= 15 is 0 Å². The van der Waals surface area contributed by atoms with Gasteiger partial charge in [0.25, 0.3) is 0 Å². The van der Waals surface area contributed by atoms with Crippen molar-refractivity contribution in [1.29, 1.82) is 0 Å². The van der Waals surface area contributed by atoms with Crippen LogP contribution in [0.5, 0.6) is 0 Å². The number of hydrogen-bond donors (Lipinski definition) is 3. The number of aliphatic hydroxyl groups excluding tert-OH is 1. The molecule has 0 atom stereocenters. The standard InChI is InChI=1S/C9H13N5O4S/c1-5-9(7(4-15)13-12-5)19(16,17)10-3-8-11-6(2)14-18-8/h10,15H,3-4H2,1-2H3,(H,12,13). The third kappa shape index (κ3) is 2.80. The van der Waals surface area contributed by atoms with E-state index in [0.29, 0.717) is 11.5 Å². The number of nitrogens with one attached hydrogen (secondary N) is 2. The fraction of sp³-hybridized carbons (Fsp3) is 0.444. The third-order valence-corrected chi connectivity index (χ3v) is 3.97. The zero-order valence-electron chi connectivity index (χ0n) is 10.3. The third-order valence-electron chi connectivity index (χ3n) is 2.36. The van der Waals surface area contributed by atoms with Gasteiger partial charge in [-0.3, -0.25) is 5.10 Å². The summed E-state index contributed by atoms with van der Waals surface area (Å²) in [7, 11) is -3.81. The van der Waals surface area contributed by atoms with Crippen molar-refractivity contribution >= 4 is 10.0 Å². The Morgan fingerprint density at radius 2 is 2.16 bits per heavy atom. The molecule has 2 aromatic heterocycles. The molecule has 2 heterocycles. The predicted molar refractivity (Wildman–Crippen MR) is 62.3 cm³/mol. The van der Waals surface area contributed by atoms with Gasteiger partial charge in [-0.25, -0.2) is 13.1 Å². The Morgan fingerprint density at radius 3 is 2.74 bits per heavy atom. The summed E-state index contributed by atoms with van der Waals surface area (Å²) < 4.78 is 31.3. The van der Waals surface area contributed by atoms with E-state index in [4.69, 9.17) is 9.63 Å². The molecular formula is C9H13N5O4S. The fourth-order valence-corrected chi connectivity index (χ4v) is 2.90. The molecule has 0 amide bonds. The molecule has 0 aliphatic rings. The van der Waals surface area contributed by atoms with Crippen molar-refractivity contribution < 1.29 is 18.0 Å². The molecule has 2 aromatic rings. The molecule has 0 bridgehead atoms. The Morgan fingerprint density at radius 1 is 1.42 bits per heavy atom. The van der Waals surface area contributed by atoms with Crippen LogP contribution in [-0.4, -0.2) is 33.9 Å². The van der Waals surface area contributed by atoms with Crippen molar-refractivity contribution in [2.24, 2.45) is 0 Å². The molecular weight excluding hydrogens is 274 g/mol. The minimum atomic E-state index is -3.81. The average molecular weight is 287 g/mol. The van der Waals surface area contributed by atoms with Gasteiger partial charge in [0.1, 0.15) is 10.6 Å². The number of aromatic amines is 1. The van der Waals surface area contributed by atoms with Crippen molar-refractivity contribution in [1.82, 2.24) is 25.1 Å². The predicted octanol–water partition coefficient (Wildman–Crippen LogP) is -0.620. The Kier molecular flexibility index (Phi) is 3.64. The van der Waals surface area contributed by atoms with Gasteiger partial charge in [-0.1, -0.05) is 5.16 Å². The van der Waals surface area contributed by atoms with Gasteiger partial charge < -0.3 is 9.63 Å². The molecule has 0 saturated carbocycles. The minimum absolute atomic E-state index is 0.0618. The first kappa shape index (κ1) is 13.6. The topological polar surface area (TPSA) is 134 Å². The molecule has 19 heavy (non-hydrogen) atoms. The molecule has 0 unspecified atom stereocenters. The number of aliphatic hydroxyl groups is 1. The molecule has 0 aliphatic carbocycles. The molecule has 2 rings (SSSR count). The van der Waals surface area contributed by atoms with Crippen LogP contribution in [0.4, 0.5) is 0 Å². The van der Waals surface area contributed by atoms with E-state index in [9.17, 15) is 8.42 Å². The molecule has 0 aliphatic heterocycles. The van der Waals surface area contributed by atoms with Crippen LogP contribution in [-0.2, 0) is 23.2 Å². The van der Waals surface area contributed by atoms with E-state index in [-0.39, 0.29) is 23.0 Å². The zero-order valence-corrected chi connectivity index (χ0v) is 11.2. The molecule has 0 aromatic carbocycles. The molecule has 0 spiro atoms. The first-order chi connectivity index (χ1) is 8.94. The highest BCUT2D eigenvalue weighted by molar-refractivity contribution is 7.89. The SMILES string of the molecule is Cc1noc(CNS(=O)(=O)c2c(CO)n[nH]c2C)n1. The van der Waals surface area contributed by atoms with Gasteiger partial charge in [0, 0.05) is 0 Å². The smallest absolute Gasteiger partial charge is 0.244 e. The largest absolute Gasteiger partial charge is 0.390 e. The van der Waals surface area contributed by atoms with Gasteiger partial charge >= 0.3 is 0 Å². The van der Waals surface area contributed by atoms with Gasteiger partial charge in [-0.05, 0) is 13.8 Å². The van der Waals surface area contributed by atoms with Crippen molar-refractivity contribution in [3.63, 3.8) is 0 Å². The second-order valence-corrected chi connectivity index (χ2v) is 5.55. The van der Waals surface area contributed by atoms with E-state index in [1.54, 1.807) is 13.8 Å². The van der Waals surface area contributed by atoms with E-state index in [2.05, 4.69) is 25.1 Å². The van der Waals surface area contributed by atoms with Gasteiger partial charge in [-0.15, -0.1) is 0 Å². The number of nitrogens with zero attached hydrogens (tertiary/aromatic N) is 3. The first-order valence-electron chi connectivity index (χ1n) is 5.37. The summed E-state index contributed by atoms with van der Waals surface area (Å²) in [4.78, 5) is 3.82. The van der Waals surface area contributed by atoms with E-state index < -0.39 is 16.6 Å². The first-order valence-corrected chi connectivity index (χ1v) is 6.86. The second kappa shape index (κ2) is 5.07. The van der Waals surface area contributed by atoms with Crippen molar-refractivity contribution in [2.45, 2.75) is 31.9 Å². The molecule has 9 nitrogen and oxygen atoms in total. The summed E-state index contributed by atoms with van der Waals surface area (Å²) in [6, 6.07) is 0. The summed E-state index contributed by atoms with van der Waals surface area (Å²) in [6.45, 7) is 2.59. The molecule has 3 N–H and O–H groups in total. The summed E-state index contributed by atoms with van der Waals surface area (Å²) in [5.74, 6) is 0.581. The zero-order chi connectivity index (χ0) is 14.0. The molecule has 0 fully saturated rings. The van der Waals surface area contributed by atoms with Crippen molar-refractivity contribution in [3.8, 4) is 0 Å². The number of sulfonamides is 1. The van der Waals surface area contributed by atoms with Crippen LogP contribution >= 0.6 is 0 Å². The average Bonchev–Trinajstić information content (AvgIpc) is 2.93. The maximum atomic E-state index is 12.1. The van der Waals surface area contributed by atoms with Crippen LogP contribution in [0, 0.1) is 13.8 Å². The highest BCUT2D eigenvalue weighted by Crippen LogP contribution is 2.17. The molecule has 10 heteroatoms. The monoisotopic (exact) mass is 287 g/mol. The second-order valence-electron chi connectivity index (χ2n) is 3.84. The molecule has 0 saturated heterocycles. The van der Waals surface area contributed by atoms with Gasteiger partial charge in [0.15, 0.2) is 5.82 Å². The fourth-order valence-electron chi connectivity index (χ4n) is 1.57. The van der Waals surface area contributed by atoms with Crippen LogP contribution < -0.4 is 4.72 Å². The summed E-state index contributed by atoms with van der Waals surface area (Å²) >= 11 is 0. The van der Waals surface area contributed by atoms with Crippen molar-refractivity contribution in [2.75, 3.05) is 0 Å². The lowest BCUT2D eigenvalue weighted by Crippen LogP contribution is -2.24. The summed E-state index contributed by atoms with van der Waals surface area (Å²) in [6.07, 6.45) is 0. The maximum Gasteiger partial charge on any atom is 0.244 e. The quantitative estimate of drug-likeness (QED) is 0.667. The van der Waals surface area contributed by atoms with Gasteiger partial charge in [0.2, 0.25) is 15.9 Å². The van der Waals surface area contributed by atoms with Gasteiger partial charge in [0.05, 0.1) is 18.8 Å². The lowest BCUT2D eigenvalue weighted by molar-refractivity contribution is 0.273. The maximum absolute atomic E-state index is 12.1. The Labute approximate surface area is 109 Å². The molecule has 0 radical (unpaired) electrons.